The summed E-state index contributed by atoms with van der Waals surface area (Å²) in [6, 6.07) is 6.66. The molecular formula is C19H27FN6O. The lowest BCUT2D eigenvalue weighted by Gasteiger charge is -2.37. The number of aliphatic imine (C=N–C) groups is 1. The van der Waals surface area contributed by atoms with Gasteiger partial charge in [0.25, 0.3) is 0 Å². The molecule has 0 amide bonds. The number of piperazine rings is 1. The molecular weight excluding hydrogens is 347 g/mol. The third-order valence-electron chi connectivity index (χ3n) is 4.60. The van der Waals surface area contributed by atoms with Crippen molar-refractivity contribution < 1.29 is 8.91 Å². The van der Waals surface area contributed by atoms with Crippen molar-refractivity contribution in [2.75, 3.05) is 44.7 Å². The molecule has 1 aliphatic rings. The number of anilines is 1. The molecule has 1 N–H and O–H groups in total. The second-order valence-corrected chi connectivity index (χ2v) is 6.88. The van der Waals surface area contributed by atoms with Crippen LogP contribution in [0.5, 0.6) is 0 Å². The van der Waals surface area contributed by atoms with Crippen LogP contribution in [0, 0.1) is 5.82 Å². The molecule has 0 spiro atoms. The molecule has 3 rings (SSSR count). The zero-order valence-corrected chi connectivity index (χ0v) is 16.2. The predicted octanol–water partition coefficient (Wildman–Crippen LogP) is 2.27. The fourth-order valence-corrected chi connectivity index (χ4v) is 3.05. The van der Waals surface area contributed by atoms with E-state index in [9.17, 15) is 4.39 Å². The number of rotatable bonds is 5. The van der Waals surface area contributed by atoms with Gasteiger partial charge in [-0.1, -0.05) is 19.0 Å². The molecule has 1 aromatic heterocycles. The Balaban J connectivity index is 1.46. The van der Waals surface area contributed by atoms with Crippen LogP contribution in [0.3, 0.4) is 0 Å². The minimum Gasteiger partial charge on any atom is -0.368 e. The van der Waals surface area contributed by atoms with Gasteiger partial charge in [-0.25, -0.2) is 4.39 Å². The van der Waals surface area contributed by atoms with Gasteiger partial charge in [0.15, 0.2) is 11.8 Å². The molecule has 1 aliphatic heterocycles. The van der Waals surface area contributed by atoms with Crippen molar-refractivity contribution in [3.05, 3.63) is 41.8 Å². The molecule has 0 aliphatic carbocycles. The molecule has 0 bridgehead atoms. The topological polar surface area (TPSA) is 69.8 Å². The van der Waals surface area contributed by atoms with Crippen LogP contribution in [0.2, 0.25) is 0 Å². The molecule has 0 unspecified atom stereocenters. The van der Waals surface area contributed by atoms with E-state index in [4.69, 9.17) is 4.52 Å². The molecule has 8 heteroatoms. The summed E-state index contributed by atoms with van der Waals surface area (Å²) in [6.07, 6.45) is 0.661. The van der Waals surface area contributed by atoms with Crippen molar-refractivity contribution in [3.63, 3.8) is 0 Å². The third-order valence-corrected chi connectivity index (χ3v) is 4.60. The highest BCUT2D eigenvalue weighted by Crippen LogP contribution is 2.17. The summed E-state index contributed by atoms with van der Waals surface area (Å²) in [7, 11) is 1.79. The molecule has 0 saturated carbocycles. The fraction of sp³-hybridized carbons (Fsp3) is 0.526. The van der Waals surface area contributed by atoms with Gasteiger partial charge in [0.1, 0.15) is 5.82 Å². The van der Waals surface area contributed by atoms with Gasteiger partial charge in [0, 0.05) is 57.8 Å². The number of hydrogen-bond acceptors (Lipinski definition) is 5. The predicted molar refractivity (Wildman–Crippen MR) is 104 cm³/mol. The second-order valence-electron chi connectivity index (χ2n) is 6.88. The Morgan fingerprint density at radius 2 is 1.93 bits per heavy atom. The van der Waals surface area contributed by atoms with E-state index in [2.05, 4.69) is 30.2 Å². The Morgan fingerprint density at radius 1 is 1.22 bits per heavy atom. The molecule has 1 aromatic carbocycles. The SMILES string of the molecule is CN=C(NCCc1nc(C(C)C)no1)N1CCN(c2ccc(F)cc2)CC1. The van der Waals surface area contributed by atoms with Crippen molar-refractivity contribution in [3.8, 4) is 0 Å². The Bertz CT molecular complexity index is 750. The lowest BCUT2D eigenvalue weighted by molar-refractivity contribution is 0.362. The Hall–Kier alpha value is -2.64. The monoisotopic (exact) mass is 374 g/mol. The lowest BCUT2D eigenvalue weighted by Crippen LogP contribution is -2.52. The van der Waals surface area contributed by atoms with Crippen LogP contribution in [0.25, 0.3) is 0 Å². The van der Waals surface area contributed by atoms with Gasteiger partial charge >= 0.3 is 0 Å². The molecule has 1 fully saturated rings. The minimum absolute atomic E-state index is 0.205. The third kappa shape index (κ3) is 4.96. The summed E-state index contributed by atoms with van der Waals surface area (Å²) in [5.74, 6) is 2.32. The van der Waals surface area contributed by atoms with E-state index >= 15 is 0 Å². The maximum Gasteiger partial charge on any atom is 0.228 e. The molecule has 0 atom stereocenters. The molecule has 2 heterocycles. The number of guanidine groups is 1. The first-order valence-electron chi connectivity index (χ1n) is 9.35. The highest BCUT2D eigenvalue weighted by atomic mass is 19.1. The van der Waals surface area contributed by atoms with E-state index in [1.165, 1.54) is 12.1 Å². The van der Waals surface area contributed by atoms with E-state index < -0.39 is 0 Å². The first kappa shape index (κ1) is 19.1. The van der Waals surface area contributed by atoms with Crippen LogP contribution in [0.1, 0.15) is 31.5 Å². The van der Waals surface area contributed by atoms with E-state index in [0.717, 1.165) is 43.7 Å². The average molecular weight is 374 g/mol. The fourth-order valence-electron chi connectivity index (χ4n) is 3.05. The van der Waals surface area contributed by atoms with E-state index in [1.54, 1.807) is 7.05 Å². The summed E-state index contributed by atoms with van der Waals surface area (Å²) in [5.41, 5.74) is 1.05. The molecule has 7 nitrogen and oxygen atoms in total. The zero-order valence-electron chi connectivity index (χ0n) is 16.2. The number of nitrogens with zero attached hydrogens (tertiary/aromatic N) is 5. The zero-order chi connectivity index (χ0) is 19.2. The maximum atomic E-state index is 13.1. The minimum atomic E-state index is -0.205. The summed E-state index contributed by atoms with van der Waals surface area (Å²) in [6.45, 7) is 8.22. The van der Waals surface area contributed by atoms with E-state index in [0.29, 0.717) is 18.9 Å². The van der Waals surface area contributed by atoms with Crippen LogP contribution in [0.15, 0.2) is 33.8 Å². The summed E-state index contributed by atoms with van der Waals surface area (Å²) in [4.78, 5) is 13.3. The van der Waals surface area contributed by atoms with Gasteiger partial charge in [-0.2, -0.15) is 4.98 Å². The van der Waals surface area contributed by atoms with Crippen molar-refractivity contribution in [2.45, 2.75) is 26.2 Å². The Morgan fingerprint density at radius 3 is 2.52 bits per heavy atom. The molecule has 2 aromatic rings. The maximum absolute atomic E-state index is 13.1. The van der Waals surface area contributed by atoms with Crippen LogP contribution in [0.4, 0.5) is 10.1 Å². The molecule has 27 heavy (non-hydrogen) atoms. The van der Waals surface area contributed by atoms with Gasteiger partial charge < -0.3 is 19.6 Å². The quantitative estimate of drug-likeness (QED) is 0.640. The van der Waals surface area contributed by atoms with Crippen LogP contribution in [-0.2, 0) is 6.42 Å². The second kappa shape index (κ2) is 8.83. The normalized spacial score (nSPS) is 15.5. The number of benzene rings is 1. The summed E-state index contributed by atoms with van der Waals surface area (Å²) < 4.78 is 18.4. The number of aromatic nitrogens is 2. The summed E-state index contributed by atoms with van der Waals surface area (Å²) >= 11 is 0. The van der Waals surface area contributed by atoms with Crippen molar-refractivity contribution >= 4 is 11.6 Å². The number of halogens is 1. The van der Waals surface area contributed by atoms with E-state index in [-0.39, 0.29) is 11.7 Å². The highest BCUT2D eigenvalue weighted by molar-refractivity contribution is 5.80. The first-order valence-corrected chi connectivity index (χ1v) is 9.35. The van der Waals surface area contributed by atoms with Crippen molar-refractivity contribution in [1.82, 2.24) is 20.4 Å². The van der Waals surface area contributed by atoms with Gasteiger partial charge in [-0.05, 0) is 24.3 Å². The largest absolute Gasteiger partial charge is 0.368 e. The van der Waals surface area contributed by atoms with E-state index in [1.807, 2.05) is 26.0 Å². The lowest BCUT2D eigenvalue weighted by atomic mass is 10.2. The smallest absolute Gasteiger partial charge is 0.228 e. The van der Waals surface area contributed by atoms with Crippen LogP contribution < -0.4 is 10.2 Å². The summed E-state index contributed by atoms with van der Waals surface area (Å²) in [5, 5.41) is 7.35. The number of hydrogen-bond donors (Lipinski definition) is 1. The van der Waals surface area contributed by atoms with Crippen LogP contribution in [-0.4, -0.2) is 60.8 Å². The molecule has 0 radical (unpaired) electrons. The van der Waals surface area contributed by atoms with Gasteiger partial charge in [-0.15, -0.1) is 0 Å². The van der Waals surface area contributed by atoms with Crippen molar-refractivity contribution in [1.29, 1.82) is 0 Å². The number of nitrogens with one attached hydrogen (secondary N) is 1. The van der Waals surface area contributed by atoms with Crippen molar-refractivity contribution in [2.24, 2.45) is 4.99 Å². The van der Waals surface area contributed by atoms with Crippen LogP contribution >= 0.6 is 0 Å². The van der Waals surface area contributed by atoms with Gasteiger partial charge in [-0.3, -0.25) is 4.99 Å². The Kier molecular flexibility index (Phi) is 6.26. The highest BCUT2D eigenvalue weighted by Gasteiger charge is 2.20. The van der Waals surface area contributed by atoms with Gasteiger partial charge in [0.05, 0.1) is 0 Å². The average Bonchev–Trinajstić information content (AvgIpc) is 3.15. The molecule has 1 saturated heterocycles. The van der Waals surface area contributed by atoms with Gasteiger partial charge in [0.2, 0.25) is 5.89 Å². The standard InChI is InChI=1S/C19H27FN6O/c1-14(2)18-23-17(27-24-18)8-9-22-19(21-3)26-12-10-25(11-13-26)16-6-4-15(20)5-7-16/h4-7,14H,8-13H2,1-3H3,(H,21,22). The first-order chi connectivity index (χ1) is 13.1. The molecule has 146 valence electrons. The Labute approximate surface area is 159 Å².